The average Bonchev–Trinajstić information content (AvgIpc) is 2.45. The summed E-state index contributed by atoms with van der Waals surface area (Å²) >= 11 is 5.03. The Morgan fingerprint density at radius 2 is 2.27 bits per heavy atom. The second kappa shape index (κ2) is 5.66. The highest BCUT2D eigenvalue weighted by molar-refractivity contribution is 9.09. The molecule has 1 N–H and O–H groups in total. The van der Waals surface area contributed by atoms with Gasteiger partial charge < -0.3 is 5.32 Å². The second-order valence-corrected chi connectivity index (χ2v) is 5.85. The fourth-order valence-corrected chi connectivity index (χ4v) is 2.94. The smallest absolute Gasteiger partial charge is 0.221 e. The van der Waals surface area contributed by atoms with E-state index >= 15 is 0 Å². The summed E-state index contributed by atoms with van der Waals surface area (Å²) in [5.74, 6) is 0.0997. The Morgan fingerprint density at radius 3 is 2.73 bits per heavy atom. The zero-order valence-corrected chi connectivity index (χ0v) is 11.7. The van der Waals surface area contributed by atoms with Gasteiger partial charge in [0.1, 0.15) is 0 Å². The normalized spacial score (nSPS) is 12.5. The molecule has 0 aliphatic heterocycles. The van der Waals surface area contributed by atoms with Crippen molar-refractivity contribution < 1.29 is 4.79 Å². The van der Waals surface area contributed by atoms with E-state index in [0.717, 1.165) is 0 Å². The van der Waals surface area contributed by atoms with Gasteiger partial charge in [-0.1, -0.05) is 15.9 Å². The van der Waals surface area contributed by atoms with E-state index in [0.29, 0.717) is 11.8 Å². The van der Waals surface area contributed by atoms with Crippen LogP contribution in [0.2, 0.25) is 0 Å². The van der Waals surface area contributed by atoms with Crippen LogP contribution in [0, 0.1) is 13.8 Å². The molecule has 0 radical (unpaired) electrons. The Hall–Kier alpha value is -0.350. The van der Waals surface area contributed by atoms with E-state index in [1.165, 1.54) is 15.3 Å². The summed E-state index contributed by atoms with van der Waals surface area (Å²) < 4.78 is 0. The van der Waals surface area contributed by atoms with Gasteiger partial charge in [-0.05, 0) is 32.4 Å². The van der Waals surface area contributed by atoms with Gasteiger partial charge in [-0.2, -0.15) is 0 Å². The van der Waals surface area contributed by atoms with Gasteiger partial charge in [0.25, 0.3) is 0 Å². The molecular formula is C11H16BrNOS. The zero-order valence-electron chi connectivity index (χ0n) is 9.26. The van der Waals surface area contributed by atoms with E-state index in [4.69, 9.17) is 0 Å². The van der Waals surface area contributed by atoms with Crippen LogP contribution in [0.3, 0.4) is 0 Å². The largest absolute Gasteiger partial charge is 0.350 e. The van der Waals surface area contributed by atoms with Crippen molar-refractivity contribution in [2.75, 3.05) is 5.33 Å². The van der Waals surface area contributed by atoms with Crippen molar-refractivity contribution in [3.05, 3.63) is 21.4 Å². The molecular weight excluding hydrogens is 274 g/mol. The predicted octanol–water partition coefficient (Wildman–Crippen LogP) is 3.33. The highest BCUT2D eigenvalue weighted by Crippen LogP contribution is 2.26. The van der Waals surface area contributed by atoms with Gasteiger partial charge in [0, 0.05) is 21.5 Å². The Morgan fingerprint density at radius 1 is 1.60 bits per heavy atom. The highest BCUT2D eigenvalue weighted by atomic mass is 79.9. The summed E-state index contributed by atoms with van der Waals surface area (Å²) in [5, 5.41) is 3.70. The maximum atomic E-state index is 11.4. The van der Waals surface area contributed by atoms with E-state index in [2.05, 4.69) is 41.2 Å². The lowest BCUT2D eigenvalue weighted by Gasteiger charge is -2.13. The molecule has 0 bridgehead atoms. The van der Waals surface area contributed by atoms with Crippen LogP contribution in [0.4, 0.5) is 0 Å². The average molecular weight is 290 g/mol. The van der Waals surface area contributed by atoms with Crippen LogP contribution in [0.5, 0.6) is 0 Å². The van der Waals surface area contributed by atoms with Crippen LogP contribution in [-0.4, -0.2) is 11.2 Å². The number of halogens is 1. The maximum absolute atomic E-state index is 11.4. The number of aryl methyl sites for hydroxylation is 2. The Kier molecular flexibility index (Phi) is 4.80. The second-order valence-electron chi connectivity index (χ2n) is 3.60. The van der Waals surface area contributed by atoms with Crippen molar-refractivity contribution in [1.82, 2.24) is 5.32 Å². The SMILES string of the molecule is Cc1cc(C(C)NC(=O)CCBr)c(C)s1. The van der Waals surface area contributed by atoms with E-state index in [-0.39, 0.29) is 11.9 Å². The number of thiophene rings is 1. The topological polar surface area (TPSA) is 29.1 Å². The summed E-state index contributed by atoms with van der Waals surface area (Å²) in [7, 11) is 0. The summed E-state index contributed by atoms with van der Waals surface area (Å²) in [5.41, 5.74) is 1.24. The number of rotatable bonds is 4. The summed E-state index contributed by atoms with van der Waals surface area (Å²) in [6, 6.07) is 2.26. The third-order valence-electron chi connectivity index (χ3n) is 2.24. The Labute approximate surface area is 103 Å². The monoisotopic (exact) mass is 289 g/mol. The predicted molar refractivity (Wildman–Crippen MR) is 68.8 cm³/mol. The first-order chi connectivity index (χ1) is 7.04. The minimum Gasteiger partial charge on any atom is -0.350 e. The van der Waals surface area contributed by atoms with Gasteiger partial charge in [0.2, 0.25) is 5.91 Å². The number of amides is 1. The minimum absolute atomic E-state index is 0.0997. The molecule has 1 unspecified atom stereocenters. The Balaban J connectivity index is 2.64. The van der Waals surface area contributed by atoms with Crippen LogP contribution < -0.4 is 5.32 Å². The van der Waals surface area contributed by atoms with Gasteiger partial charge in [0.15, 0.2) is 0 Å². The molecule has 1 aromatic rings. The fraction of sp³-hybridized carbons (Fsp3) is 0.545. The molecule has 1 amide bonds. The van der Waals surface area contributed by atoms with Crippen molar-refractivity contribution in [2.24, 2.45) is 0 Å². The molecule has 0 spiro atoms. The first-order valence-corrected chi connectivity index (χ1v) is 6.90. The number of nitrogens with one attached hydrogen (secondary N) is 1. The molecule has 15 heavy (non-hydrogen) atoms. The first kappa shape index (κ1) is 12.7. The molecule has 1 aromatic heterocycles. The summed E-state index contributed by atoms with van der Waals surface area (Å²) in [4.78, 5) is 14.0. The summed E-state index contributed by atoms with van der Waals surface area (Å²) in [6.45, 7) is 6.22. The number of hydrogen-bond acceptors (Lipinski definition) is 2. The molecule has 1 rings (SSSR count). The Bertz CT molecular complexity index is 348. The van der Waals surface area contributed by atoms with Crippen molar-refractivity contribution in [3.8, 4) is 0 Å². The zero-order chi connectivity index (χ0) is 11.4. The standard InChI is InChI=1S/C11H16BrNOS/c1-7-6-10(9(3)15-7)8(2)13-11(14)4-5-12/h6,8H,4-5H2,1-3H3,(H,13,14). The maximum Gasteiger partial charge on any atom is 0.221 e. The van der Waals surface area contributed by atoms with Gasteiger partial charge >= 0.3 is 0 Å². The van der Waals surface area contributed by atoms with Crippen LogP contribution >= 0.6 is 27.3 Å². The molecule has 84 valence electrons. The van der Waals surface area contributed by atoms with Crippen molar-refractivity contribution in [3.63, 3.8) is 0 Å². The van der Waals surface area contributed by atoms with E-state index in [1.807, 2.05) is 6.92 Å². The van der Waals surface area contributed by atoms with Crippen LogP contribution in [-0.2, 0) is 4.79 Å². The quantitative estimate of drug-likeness (QED) is 0.847. The third-order valence-corrected chi connectivity index (χ3v) is 3.62. The molecule has 0 saturated carbocycles. The number of carbonyl (C=O) groups is 1. The molecule has 0 saturated heterocycles. The minimum atomic E-state index is 0.0997. The molecule has 1 atom stereocenters. The van der Waals surface area contributed by atoms with E-state index in [9.17, 15) is 4.79 Å². The fourth-order valence-electron chi connectivity index (χ4n) is 1.56. The molecule has 0 fully saturated rings. The molecule has 2 nitrogen and oxygen atoms in total. The number of hydrogen-bond donors (Lipinski definition) is 1. The van der Waals surface area contributed by atoms with Gasteiger partial charge in [-0.3, -0.25) is 4.79 Å². The van der Waals surface area contributed by atoms with Crippen LogP contribution in [0.25, 0.3) is 0 Å². The van der Waals surface area contributed by atoms with Crippen molar-refractivity contribution in [1.29, 1.82) is 0 Å². The molecule has 0 aromatic carbocycles. The molecule has 0 aliphatic carbocycles. The summed E-state index contributed by atoms with van der Waals surface area (Å²) in [6.07, 6.45) is 0.534. The molecule has 0 aliphatic rings. The lowest BCUT2D eigenvalue weighted by atomic mass is 10.1. The van der Waals surface area contributed by atoms with Gasteiger partial charge in [0.05, 0.1) is 6.04 Å². The van der Waals surface area contributed by atoms with E-state index in [1.54, 1.807) is 11.3 Å². The highest BCUT2D eigenvalue weighted by Gasteiger charge is 2.13. The lowest BCUT2D eigenvalue weighted by Crippen LogP contribution is -2.26. The van der Waals surface area contributed by atoms with Crippen LogP contribution in [0.15, 0.2) is 6.07 Å². The first-order valence-electron chi connectivity index (χ1n) is 4.97. The molecule has 4 heteroatoms. The lowest BCUT2D eigenvalue weighted by molar-refractivity contribution is -0.121. The van der Waals surface area contributed by atoms with Gasteiger partial charge in [-0.25, -0.2) is 0 Å². The number of alkyl halides is 1. The van der Waals surface area contributed by atoms with Gasteiger partial charge in [-0.15, -0.1) is 11.3 Å². The van der Waals surface area contributed by atoms with Crippen LogP contribution in [0.1, 0.15) is 34.7 Å². The molecule has 1 heterocycles. The van der Waals surface area contributed by atoms with Crippen molar-refractivity contribution in [2.45, 2.75) is 33.2 Å². The number of carbonyl (C=O) groups excluding carboxylic acids is 1. The van der Waals surface area contributed by atoms with Crippen molar-refractivity contribution >= 4 is 33.2 Å². The van der Waals surface area contributed by atoms with E-state index < -0.39 is 0 Å². The third kappa shape index (κ3) is 3.61.